The van der Waals surface area contributed by atoms with Crippen LogP contribution >= 0.6 is 0 Å². The fourth-order valence-electron chi connectivity index (χ4n) is 3.72. The molecule has 4 aromatic heterocycles. The lowest BCUT2D eigenvalue weighted by atomic mass is 10.2. The van der Waals surface area contributed by atoms with E-state index in [2.05, 4.69) is 19.9 Å². The van der Waals surface area contributed by atoms with Gasteiger partial charge in [-0.2, -0.15) is 4.98 Å². The molecule has 0 bridgehead atoms. The molecule has 5 rings (SSSR count). The number of methoxy groups -OCH3 is 2. The zero-order valence-corrected chi connectivity index (χ0v) is 17.0. The molecule has 0 atom stereocenters. The largest absolute Gasteiger partial charge is 0.479 e. The van der Waals surface area contributed by atoms with Gasteiger partial charge in [-0.3, -0.25) is 0 Å². The van der Waals surface area contributed by atoms with Crippen LogP contribution in [0.15, 0.2) is 55.1 Å². The fourth-order valence-corrected chi connectivity index (χ4v) is 3.72. The summed E-state index contributed by atoms with van der Waals surface area (Å²) in [5.41, 5.74) is 4.54. The van der Waals surface area contributed by atoms with Crippen LogP contribution in [0.4, 0.5) is 4.39 Å². The number of imidazole rings is 1. The average molecular weight is 418 g/mol. The molecule has 0 aliphatic heterocycles. The van der Waals surface area contributed by atoms with Crippen molar-refractivity contribution in [2.24, 2.45) is 0 Å². The Labute approximate surface area is 176 Å². The normalized spacial score (nSPS) is 11.5. The molecule has 0 saturated heterocycles. The number of ether oxygens (including phenoxy) is 2. The highest BCUT2D eigenvalue weighted by atomic mass is 19.1. The summed E-state index contributed by atoms with van der Waals surface area (Å²) in [6.45, 7) is 0.756. The Morgan fingerprint density at radius 3 is 2.77 bits per heavy atom. The van der Waals surface area contributed by atoms with Gasteiger partial charge in [0.1, 0.15) is 30.1 Å². The summed E-state index contributed by atoms with van der Waals surface area (Å²) in [5.74, 6) is 0.910. The highest BCUT2D eigenvalue weighted by Crippen LogP contribution is 2.27. The number of rotatable bonds is 6. The van der Waals surface area contributed by atoms with Gasteiger partial charge in [0.25, 0.3) is 0 Å². The SMILES string of the molecule is COCc1nc2ncc(-n3ccc4ncnc(OC)c43)cc2n1Cc1cccc(F)c1. The molecular weight excluding hydrogens is 399 g/mol. The van der Waals surface area contributed by atoms with Crippen LogP contribution in [0, 0.1) is 5.82 Å². The molecule has 31 heavy (non-hydrogen) atoms. The Morgan fingerprint density at radius 2 is 1.97 bits per heavy atom. The summed E-state index contributed by atoms with van der Waals surface area (Å²) in [6, 6.07) is 10.4. The molecule has 0 radical (unpaired) electrons. The molecule has 0 saturated carbocycles. The molecule has 4 heterocycles. The molecule has 0 amide bonds. The Bertz CT molecular complexity index is 1390. The Balaban J connectivity index is 1.67. The summed E-state index contributed by atoms with van der Waals surface area (Å²) >= 11 is 0. The molecule has 0 unspecified atom stereocenters. The number of aromatic nitrogens is 6. The summed E-state index contributed by atoms with van der Waals surface area (Å²) in [6.07, 6.45) is 5.11. The lowest BCUT2D eigenvalue weighted by Gasteiger charge is -2.11. The monoisotopic (exact) mass is 418 g/mol. The molecule has 0 fully saturated rings. The molecule has 1 aromatic carbocycles. The van der Waals surface area contributed by atoms with E-state index in [1.54, 1.807) is 26.5 Å². The quantitative estimate of drug-likeness (QED) is 0.420. The maximum atomic E-state index is 13.7. The first-order chi connectivity index (χ1) is 15.2. The molecular formula is C22H19FN6O2. The zero-order chi connectivity index (χ0) is 21.4. The summed E-state index contributed by atoms with van der Waals surface area (Å²) < 4.78 is 28.4. The Kier molecular flexibility index (Phi) is 4.79. The molecule has 8 nitrogen and oxygen atoms in total. The molecule has 9 heteroatoms. The second kappa shape index (κ2) is 7.77. The standard InChI is InChI=1S/C22H19FN6O2/c1-30-12-19-27-21-18(29(19)11-14-4-3-5-15(23)8-14)9-16(10-24-21)28-7-6-17-20(28)22(31-2)26-13-25-17/h3-10,13H,11-12H2,1-2H3. The van der Waals surface area contributed by atoms with Gasteiger partial charge in [-0.15, -0.1) is 0 Å². The van der Waals surface area contributed by atoms with Gasteiger partial charge in [0.15, 0.2) is 5.65 Å². The van der Waals surface area contributed by atoms with E-state index in [0.29, 0.717) is 30.5 Å². The number of hydrogen-bond acceptors (Lipinski definition) is 6. The van der Waals surface area contributed by atoms with Crippen LogP contribution in [-0.2, 0) is 17.9 Å². The number of hydrogen-bond donors (Lipinski definition) is 0. The van der Waals surface area contributed by atoms with Gasteiger partial charge in [-0.05, 0) is 29.8 Å². The van der Waals surface area contributed by atoms with Gasteiger partial charge >= 0.3 is 0 Å². The number of halogens is 1. The second-order valence-corrected chi connectivity index (χ2v) is 7.02. The minimum Gasteiger partial charge on any atom is -0.479 e. The third-order valence-corrected chi connectivity index (χ3v) is 5.08. The van der Waals surface area contributed by atoms with Crippen molar-refractivity contribution in [1.82, 2.24) is 29.1 Å². The van der Waals surface area contributed by atoms with E-state index < -0.39 is 0 Å². The topological polar surface area (TPSA) is 79.9 Å². The summed E-state index contributed by atoms with van der Waals surface area (Å²) in [7, 11) is 3.19. The maximum absolute atomic E-state index is 13.7. The molecule has 0 spiro atoms. The third-order valence-electron chi connectivity index (χ3n) is 5.08. The lowest BCUT2D eigenvalue weighted by Crippen LogP contribution is -2.06. The van der Waals surface area contributed by atoms with Crippen molar-refractivity contribution >= 4 is 22.2 Å². The highest BCUT2D eigenvalue weighted by molar-refractivity contribution is 5.83. The molecule has 0 N–H and O–H groups in total. The average Bonchev–Trinajstić information content (AvgIpc) is 3.35. The number of fused-ring (bicyclic) bond motifs is 2. The van der Waals surface area contributed by atoms with Crippen LogP contribution in [0.1, 0.15) is 11.4 Å². The van der Waals surface area contributed by atoms with E-state index in [-0.39, 0.29) is 5.82 Å². The smallest absolute Gasteiger partial charge is 0.241 e. The van der Waals surface area contributed by atoms with Crippen molar-refractivity contribution in [2.75, 3.05) is 14.2 Å². The second-order valence-electron chi connectivity index (χ2n) is 7.02. The number of nitrogens with zero attached hydrogens (tertiary/aromatic N) is 6. The maximum Gasteiger partial charge on any atom is 0.241 e. The highest BCUT2D eigenvalue weighted by Gasteiger charge is 2.16. The Morgan fingerprint density at radius 1 is 1.06 bits per heavy atom. The minimum atomic E-state index is -0.278. The van der Waals surface area contributed by atoms with Gasteiger partial charge in [0.05, 0.1) is 30.0 Å². The predicted octanol–water partition coefficient (Wildman–Crippen LogP) is 3.51. The van der Waals surface area contributed by atoms with Crippen LogP contribution < -0.4 is 4.74 Å². The van der Waals surface area contributed by atoms with Crippen molar-refractivity contribution in [3.63, 3.8) is 0 Å². The van der Waals surface area contributed by atoms with Crippen LogP contribution in [0.3, 0.4) is 0 Å². The predicted molar refractivity (Wildman–Crippen MR) is 113 cm³/mol. The van der Waals surface area contributed by atoms with E-state index in [0.717, 1.165) is 27.8 Å². The first-order valence-electron chi connectivity index (χ1n) is 9.63. The van der Waals surface area contributed by atoms with E-state index in [4.69, 9.17) is 9.47 Å². The van der Waals surface area contributed by atoms with Gasteiger partial charge in [0, 0.05) is 19.9 Å². The molecule has 5 aromatic rings. The van der Waals surface area contributed by atoms with Crippen LogP contribution in [0.2, 0.25) is 0 Å². The van der Waals surface area contributed by atoms with Gasteiger partial charge in [-0.1, -0.05) is 12.1 Å². The lowest BCUT2D eigenvalue weighted by molar-refractivity contribution is 0.175. The third kappa shape index (κ3) is 3.38. The zero-order valence-electron chi connectivity index (χ0n) is 17.0. The van der Waals surface area contributed by atoms with Crippen molar-refractivity contribution in [2.45, 2.75) is 13.2 Å². The van der Waals surface area contributed by atoms with Gasteiger partial charge in [-0.25, -0.2) is 19.3 Å². The van der Waals surface area contributed by atoms with Crippen molar-refractivity contribution < 1.29 is 13.9 Å². The van der Waals surface area contributed by atoms with E-state index in [1.165, 1.54) is 18.5 Å². The van der Waals surface area contributed by atoms with E-state index >= 15 is 0 Å². The molecule has 0 aliphatic rings. The fraction of sp³-hybridized carbons (Fsp3) is 0.182. The van der Waals surface area contributed by atoms with E-state index in [9.17, 15) is 4.39 Å². The first kappa shape index (κ1) is 19.1. The van der Waals surface area contributed by atoms with Gasteiger partial charge in [0.2, 0.25) is 5.88 Å². The number of pyridine rings is 1. The van der Waals surface area contributed by atoms with Crippen molar-refractivity contribution in [3.8, 4) is 11.6 Å². The van der Waals surface area contributed by atoms with E-state index in [1.807, 2.05) is 33.5 Å². The summed E-state index contributed by atoms with van der Waals surface area (Å²) in [5, 5.41) is 0. The first-order valence-corrected chi connectivity index (χ1v) is 9.63. The molecule has 0 aliphatic carbocycles. The van der Waals surface area contributed by atoms with Crippen LogP contribution in [0.5, 0.6) is 5.88 Å². The minimum absolute atomic E-state index is 0.278. The molecule has 156 valence electrons. The van der Waals surface area contributed by atoms with Crippen molar-refractivity contribution in [3.05, 3.63) is 72.3 Å². The van der Waals surface area contributed by atoms with Crippen LogP contribution in [0.25, 0.3) is 27.9 Å². The number of benzene rings is 1. The van der Waals surface area contributed by atoms with Gasteiger partial charge < -0.3 is 18.6 Å². The summed E-state index contributed by atoms with van der Waals surface area (Å²) in [4.78, 5) is 17.7. The Hall–Kier alpha value is -3.85. The van der Waals surface area contributed by atoms with Crippen LogP contribution in [-0.4, -0.2) is 43.3 Å². The van der Waals surface area contributed by atoms with Crippen molar-refractivity contribution in [1.29, 1.82) is 0 Å².